The van der Waals surface area contributed by atoms with Crippen molar-refractivity contribution in [1.82, 2.24) is 0 Å². The summed E-state index contributed by atoms with van der Waals surface area (Å²) in [5, 5.41) is 5.02. The highest BCUT2D eigenvalue weighted by atomic mass is 16.3. The molecule has 6 aromatic carbocycles. The summed E-state index contributed by atoms with van der Waals surface area (Å²) in [6.07, 6.45) is 4.93. The topological polar surface area (TPSA) is 16.4 Å². The van der Waals surface area contributed by atoms with E-state index in [1.807, 2.05) is 0 Å². The minimum atomic E-state index is -0.190. The van der Waals surface area contributed by atoms with Crippen LogP contribution >= 0.6 is 0 Å². The lowest BCUT2D eigenvalue weighted by atomic mass is 9.61. The maximum Gasteiger partial charge on any atom is 0.140 e. The van der Waals surface area contributed by atoms with Crippen LogP contribution in [-0.4, -0.2) is 5.54 Å². The molecule has 10 rings (SSSR count). The zero-order chi connectivity index (χ0) is 31.7. The lowest BCUT2D eigenvalue weighted by Crippen LogP contribution is -2.54. The van der Waals surface area contributed by atoms with Crippen molar-refractivity contribution in [3.05, 3.63) is 132 Å². The monoisotopic (exact) mass is 609 g/mol. The van der Waals surface area contributed by atoms with Crippen LogP contribution in [0.5, 0.6) is 0 Å². The molecule has 1 aromatic heterocycles. The maximum absolute atomic E-state index is 6.92. The van der Waals surface area contributed by atoms with Gasteiger partial charge < -0.3 is 9.32 Å². The Morgan fingerprint density at radius 3 is 2.23 bits per heavy atom. The molecule has 2 heterocycles. The second kappa shape index (κ2) is 9.16. The largest absolute Gasteiger partial charge is 0.456 e. The minimum absolute atomic E-state index is 0.0189. The number of benzene rings is 6. The molecule has 1 saturated carbocycles. The third kappa shape index (κ3) is 3.36. The molecule has 47 heavy (non-hydrogen) atoms. The summed E-state index contributed by atoms with van der Waals surface area (Å²) < 4.78 is 6.92. The average Bonchev–Trinajstić information content (AvgIpc) is 3.66. The van der Waals surface area contributed by atoms with Gasteiger partial charge in [-0.2, -0.15) is 0 Å². The van der Waals surface area contributed by atoms with Gasteiger partial charge in [-0.15, -0.1) is 0 Å². The number of hydrogen-bond donors (Lipinski definition) is 0. The minimum Gasteiger partial charge on any atom is -0.456 e. The van der Waals surface area contributed by atoms with Gasteiger partial charge in [0.25, 0.3) is 0 Å². The van der Waals surface area contributed by atoms with Gasteiger partial charge in [0, 0.05) is 38.5 Å². The van der Waals surface area contributed by atoms with Crippen LogP contribution in [-0.2, 0) is 10.8 Å². The molecule has 0 amide bonds. The van der Waals surface area contributed by atoms with Crippen LogP contribution in [0, 0.1) is 0 Å². The quantitative estimate of drug-likeness (QED) is 0.194. The molecule has 1 unspecified atom stereocenters. The first-order valence-corrected chi connectivity index (χ1v) is 17.3. The third-order valence-electron chi connectivity index (χ3n) is 12.6. The predicted molar refractivity (Wildman–Crippen MR) is 197 cm³/mol. The zero-order valence-electron chi connectivity index (χ0n) is 27.7. The van der Waals surface area contributed by atoms with Crippen LogP contribution in [0.15, 0.2) is 120 Å². The Hall–Kier alpha value is -4.82. The normalized spacial score (nSPS) is 22.4. The Morgan fingerprint density at radius 2 is 1.38 bits per heavy atom. The Balaban J connectivity index is 1.29. The molecule has 2 heteroatoms. The number of hydrogen-bond acceptors (Lipinski definition) is 2. The lowest BCUT2D eigenvalue weighted by Gasteiger charge is -2.50. The van der Waals surface area contributed by atoms with Crippen LogP contribution in [0.1, 0.15) is 70.1 Å². The van der Waals surface area contributed by atoms with Crippen molar-refractivity contribution in [3.63, 3.8) is 0 Å². The molecule has 3 aliphatic rings. The van der Waals surface area contributed by atoms with E-state index in [1.54, 1.807) is 0 Å². The summed E-state index contributed by atoms with van der Waals surface area (Å²) in [6.45, 7) is 9.79. The van der Waals surface area contributed by atoms with Gasteiger partial charge in [-0.25, -0.2) is 0 Å². The highest BCUT2D eigenvalue weighted by Crippen LogP contribution is 2.62. The summed E-state index contributed by atoms with van der Waals surface area (Å²) in [5.41, 5.74) is 13.9. The fraction of sp³-hybridized carbons (Fsp3) is 0.244. The standard InChI is InChI=1S/C45H39NO/c1-43(2)35-22-20-28-14-8-9-17-31(28)39(35)34-27-33(40-32-18-10-11-19-38(32)47-42(40)41(34)43)29-21-23-37-36(26-29)44(3)24-12-13-25-45(44,4)46(37)30-15-6-5-7-16-30/h5-11,14-23,26-27H,12-13,24-25H2,1-4H3/t44-,45?/m1/s1. The fourth-order valence-corrected chi connectivity index (χ4v) is 10.0. The molecule has 7 aromatic rings. The van der Waals surface area contributed by atoms with E-state index in [9.17, 15) is 0 Å². The molecule has 0 saturated heterocycles. The fourth-order valence-electron chi connectivity index (χ4n) is 10.0. The Morgan fingerprint density at radius 1 is 0.638 bits per heavy atom. The Bertz CT molecular complexity index is 2430. The van der Waals surface area contributed by atoms with Gasteiger partial charge >= 0.3 is 0 Å². The SMILES string of the molecule is CC1(C)c2ccc3ccccc3c2-c2cc(-c3ccc4c(c3)[C@@]3(C)CCCCC3(C)N4c3ccccc3)c3c(oc4ccccc43)c21. The zero-order valence-corrected chi connectivity index (χ0v) is 27.7. The van der Waals surface area contributed by atoms with E-state index in [4.69, 9.17) is 4.42 Å². The number of rotatable bonds is 2. The van der Waals surface area contributed by atoms with Crippen LogP contribution in [0.25, 0.3) is 55.0 Å². The molecule has 2 atom stereocenters. The average molecular weight is 610 g/mol. The van der Waals surface area contributed by atoms with Crippen molar-refractivity contribution in [2.24, 2.45) is 0 Å². The van der Waals surface area contributed by atoms with E-state index in [0.29, 0.717) is 0 Å². The molecule has 0 radical (unpaired) electrons. The number of para-hydroxylation sites is 2. The summed E-state index contributed by atoms with van der Waals surface area (Å²) >= 11 is 0. The second-order valence-corrected chi connectivity index (χ2v) is 15.2. The Kier molecular flexibility index (Phi) is 5.32. The van der Waals surface area contributed by atoms with E-state index in [-0.39, 0.29) is 16.4 Å². The van der Waals surface area contributed by atoms with Crippen molar-refractivity contribution in [3.8, 4) is 22.3 Å². The molecule has 0 bridgehead atoms. The van der Waals surface area contributed by atoms with Gasteiger partial charge in [0.2, 0.25) is 0 Å². The first-order valence-electron chi connectivity index (χ1n) is 17.3. The third-order valence-corrected chi connectivity index (χ3v) is 12.6. The van der Waals surface area contributed by atoms with Crippen molar-refractivity contribution in [2.45, 2.75) is 69.7 Å². The molecular formula is C45H39NO. The van der Waals surface area contributed by atoms with E-state index in [1.165, 1.54) is 97.5 Å². The summed E-state index contributed by atoms with van der Waals surface area (Å²) in [5.74, 6) is 0. The maximum atomic E-state index is 6.92. The number of furan rings is 1. The Labute approximate surface area is 276 Å². The lowest BCUT2D eigenvalue weighted by molar-refractivity contribution is 0.195. The van der Waals surface area contributed by atoms with Gasteiger partial charge in [-0.05, 0) is 100 Å². The van der Waals surface area contributed by atoms with Crippen LogP contribution in [0.3, 0.4) is 0 Å². The van der Waals surface area contributed by atoms with Gasteiger partial charge in [0.1, 0.15) is 11.2 Å². The summed E-state index contributed by atoms with van der Waals surface area (Å²) in [7, 11) is 0. The first-order chi connectivity index (χ1) is 22.8. The van der Waals surface area contributed by atoms with Crippen molar-refractivity contribution >= 4 is 44.1 Å². The molecule has 2 nitrogen and oxygen atoms in total. The summed E-state index contributed by atoms with van der Waals surface area (Å²) in [4.78, 5) is 2.67. The smallest absolute Gasteiger partial charge is 0.140 e. The van der Waals surface area contributed by atoms with Crippen LogP contribution in [0.2, 0.25) is 0 Å². The first kappa shape index (κ1) is 27.3. The van der Waals surface area contributed by atoms with E-state index in [2.05, 4.69) is 148 Å². The van der Waals surface area contributed by atoms with Crippen LogP contribution < -0.4 is 4.90 Å². The van der Waals surface area contributed by atoms with E-state index in [0.717, 1.165) is 11.2 Å². The molecule has 230 valence electrons. The number of nitrogens with zero attached hydrogens (tertiary/aromatic N) is 1. The van der Waals surface area contributed by atoms with E-state index < -0.39 is 0 Å². The van der Waals surface area contributed by atoms with Crippen molar-refractivity contribution in [2.75, 3.05) is 4.90 Å². The second-order valence-electron chi connectivity index (χ2n) is 15.2. The highest BCUT2D eigenvalue weighted by molar-refractivity contribution is 6.18. The molecular weight excluding hydrogens is 571 g/mol. The molecule has 1 fully saturated rings. The highest BCUT2D eigenvalue weighted by Gasteiger charge is 2.57. The predicted octanol–water partition coefficient (Wildman–Crippen LogP) is 12.5. The molecule has 2 aliphatic carbocycles. The van der Waals surface area contributed by atoms with Gasteiger partial charge in [0.15, 0.2) is 0 Å². The van der Waals surface area contributed by atoms with Gasteiger partial charge in [0.05, 0.1) is 5.54 Å². The number of fused-ring (bicyclic) bond motifs is 12. The molecule has 0 N–H and O–H groups in total. The van der Waals surface area contributed by atoms with Gasteiger partial charge in [-0.1, -0.05) is 112 Å². The molecule has 0 spiro atoms. The molecule has 1 aliphatic heterocycles. The number of anilines is 2. The van der Waals surface area contributed by atoms with Crippen LogP contribution in [0.4, 0.5) is 11.4 Å². The van der Waals surface area contributed by atoms with E-state index >= 15 is 0 Å². The summed E-state index contributed by atoms with van der Waals surface area (Å²) in [6, 6.07) is 43.0. The van der Waals surface area contributed by atoms with Crippen molar-refractivity contribution < 1.29 is 4.42 Å². The van der Waals surface area contributed by atoms with Crippen molar-refractivity contribution in [1.29, 1.82) is 0 Å². The van der Waals surface area contributed by atoms with Gasteiger partial charge in [-0.3, -0.25) is 0 Å².